The van der Waals surface area contributed by atoms with Gasteiger partial charge in [-0.2, -0.15) is 4.72 Å². The summed E-state index contributed by atoms with van der Waals surface area (Å²) in [5, 5.41) is 2.60. The summed E-state index contributed by atoms with van der Waals surface area (Å²) in [6.07, 6.45) is 0.893. The SMILES string of the molecule is CCc1ccc(NC(=O)COC(=O)CNS(=O)(=O)c2ccc(C)cc2)cc1. The van der Waals surface area contributed by atoms with E-state index in [0.717, 1.165) is 17.5 Å². The van der Waals surface area contributed by atoms with Crippen LogP contribution in [-0.2, 0) is 30.8 Å². The first kappa shape index (κ1) is 20.6. The van der Waals surface area contributed by atoms with Crippen molar-refractivity contribution in [1.82, 2.24) is 4.72 Å². The van der Waals surface area contributed by atoms with Crippen molar-refractivity contribution in [2.75, 3.05) is 18.5 Å². The summed E-state index contributed by atoms with van der Waals surface area (Å²) in [6.45, 7) is 2.81. The molecule has 0 fully saturated rings. The van der Waals surface area contributed by atoms with Crippen molar-refractivity contribution in [1.29, 1.82) is 0 Å². The van der Waals surface area contributed by atoms with Gasteiger partial charge in [0.2, 0.25) is 10.0 Å². The van der Waals surface area contributed by atoms with Crippen molar-refractivity contribution in [3.63, 3.8) is 0 Å². The van der Waals surface area contributed by atoms with Gasteiger partial charge in [0.1, 0.15) is 6.54 Å². The standard InChI is InChI=1S/C19H22N2O5S/c1-3-15-6-8-16(9-7-15)21-18(22)13-26-19(23)12-20-27(24,25)17-10-4-14(2)5-11-17/h4-11,20H,3,12-13H2,1-2H3,(H,21,22). The number of carbonyl (C=O) groups is 2. The lowest BCUT2D eigenvalue weighted by Gasteiger charge is -2.09. The van der Waals surface area contributed by atoms with Gasteiger partial charge in [0.15, 0.2) is 6.61 Å². The predicted molar refractivity (Wildman–Crippen MR) is 102 cm³/mol. The van der Waals surface area contributed by atoms with E-state index in [1.807, 2.05) is 26.0 Å². The van der Waals surface area contributed by atoms with Gasteiger partial charge in [0.25, 0.3) is 5.91 Å². The highest BCUT2D eigenvalue weighted by Gasteiger charge is 2.16. The number of esters is 1. The van der Waals surface area contributed by atoms with Crippen LogP contribution in [0.25, 0.3) is 0 Å². The summed E-state index contributed by atoms with van der Waals surface area (Å²) in [5.41, 5.74) is 2.65. The third-order valence-corrected chi connectivity index (χ3v) is 5.17. The van der Waals surface area contributed by atoms with Crippen LogP contribution >= 0.6 is 0 Å². The van der Waals surface area contributed by atoms with E-state index in [2.05, 4.69) is 10.0 Å². The molecule has 27 heavy (non-hydrogen) atoms. The molecule has 7 nitrogen and oxygen atoms in total. The second-order valence-corrected chi connectivity index (χ2v) is 7.66. The van der Waals surface area contributed by atoms with Crippen molar-refractivity contribution in [3.8, 4) is 0 Å². The van der Waals surface area contributed by atoms with E-state index >= 15 is 0 Å². The Morgan fingerprint density at radius 3 is 2.22 bits per heavy atom. The number of rotatable bonds is 8. The zero-order valence-electron chi connectivity index (χ0n) is 15.2. The highest BCUT2D eigenvalue weighted by Crippen LogP contribution is 2.10. The number of hydrogen-bond acceptors (Lipinski definition) is 5. The first-order chi connectivity index (χ1) is 12.8. The number of sulfonamides is 1. The van der Waals surface area contributed by atoms with Gasteiger partial charge in [-0.05, 0) is 43.2 Å². The quantitative estimate of drug-likeness (QED) is 0.672. The van der Waals surface area contributed by atoms with Crippen molar-refractivity contribution < 1.29 is 22.7 Å². The van der Waals surface area contributed by atoms with Gasteiger partial charge < -0.3 is 10.1 Å². The molecule has 0 unspecified atom stereocenters. The average Bonchev–Trinajstić information content (AvgIpc) is 2.66. The molecule has 2 aromatic rings. The monoisotopic (exact) mass is 390 g/mol. The Kier molecular flexibility index (Phi) is 7.09. The fourth-order valence-electron chi connectivity index (χ4n) is 2.17. The molecule has 2 N–H and O–H groups in total. The molecule has 0 saturated carbocycles. The molecule has 0 heterocycles. The van der Waals surface area contributed by atoms with E-state index in [9.17, 15) is 18.0 Å². The molecule has 0 aromatic heterocycles. The molecule has 2 rings (SSSR count). The molecule has 0 radical (unpaired) electrons. The summed E-state index contributed by atoms with van der Waals surface area (Å²) in [4.78, 5) is 23.5. The van der Waals surface area contributed by atoms with E-state index in [-0.39, 0.29) is 4.90 Å². The van der Waals surface area contributed by atoms with Crippen LogP contribution in [-0.4, -0.2) is 33.4 Å². The highest BCUT2D eigenvalue weighted by atomic mass is 32.2. The lowest BCUT2D eigenvalue weighted by molar-refractivity contribution is -0.146. The van der Waals surface area contributed by atoms with Crippen LogP contribution in [0.5, 0.6) is 0 Å². The number of hydrogen-bond donors (Lipinski definition) is 2. The second-order valence-electron chi connectivity index (χ2n) is 5.90. The maximum absolute atomic E-state index is 12.1. The van der Waals surface area contributed by atoms with E-state index in [4.69, 9.17) is 4.74 Å². The average molecular weight is 390 g/mol. The van der Waals surface area contributed by atoms with Gasteiger partial charge in [-0.3, -0.25) is 9.59 Å². The molecule has 0 bridgehead atoms. The molecule has 8 heteroatoms. The number of ether oxygens (including phenoxy) is 1. The van der Waals surface area contributed by atoms with E-state index in [0.29, 0.717) is 5.69 Å². The normalized spacial score (nSPS) is 11.0. The molecule has 0 atom stereocenters. The molecule has 0 saturated heterocycles. The van der Waals surface area contributed by atoms with Crippen molar-refractivity contribution in [2.45, 2.75) is 25.2 Å². The maximum Gasteiger partial charge on any atom is 0.321 e. The minimum absolute atomic E-state index is 0.0502. The zero-order chi connectivity index (χ0) is 19.9. The molecule has 0 aliphatic carbocycles. The molecular formula is C19H22N2O5S. The number of carbonyl (C=O) groups excluding carboxylic acids is 2. The van der Waals surface area contributed by atoms with Crippen LogP contribution in [0.4, 0.5) is 5.69 Å². The van der Waals surface area contributed by atoms with E-state index < -0.39 is 35.1 Å². The Bertz CT molecular complexity index is 891. The van der Waals surface area contributed by atoms with Gasteiger partial charge >= 0.3 is 5.97 Å². The molecule has 0 spiro atoms. The number of aryl methyl sites for hydroxylation is 2. The fraction of sp³-hybridized carbons (Fsp3) is 0.263. The first-order valence-electron chi connectivity index (χ1n) is 8.41. The zero-order valence-corrected chi connectivity index (χ0v) is 16.0. The second kappa shape index (κ2) is 9.29. The number of anilines is 1. The Morgan fingerprint density at radius 2 is 1.63 bits per heavy atom. The van der Waals surface area contributed by atoms with Crippen molar-refractivity contribution in [3.05, 3.63) is 59.7 Å². The summed E-state index contributed by atoms with van der Waals surface area (Å²) >= 11 is 0. The molecule has 0 aliphatic heterocycles. The molecule has 0 aliphatic rings. The summed E-state index contributed by atoms with van der Waals surface area (Å²) < 4.78 is 31.1. The minimum atomic E-state index is -3.82. The summed E-state index contributed by atoms with van der Waals surface area (Å²) in [5.74, 6) is -1.35. The van der Waals surface area contributed by atoms with Gasteiger partial charge in [0.05, 0.1) is 4.90 Å². The van der Waals surface area contributed by atoms with Gasteiger partial charge in [-0.25, -0.2) is 8.42 Å². The van der Waals surface area contributed by atoms with Crippen LogP contribution < -0.4 is 10.0 Å². The number of benzene rings is 2. The van der Waals surface area contributed by atoms with Crippen LogP contribution in [0.15, 0.2) is 53.4 Å². The number of amides is 1. The Labute approximate surface area is 158 Å². The van der Waals surface area contributed by atoms with Gasteiger partial charge in [-0.15, -0.1) is 0 Å². The van der Waals surface area contributed by atoms with Crippen LogP contribution in [0.2, 0.25) is 0 Å². The number of nitrogens with one attached hydrogen (secondary N) is 2. The third-order valence-electron chi connectivity index (χ3n) is 3.75. The minimum Gasteiger partial charge on any atom is -0.455 e. The Balaban J connectivity index is 1.78. The molecular weight excluding hydrogens is 368 g/mol. The van der Waals surface area contributed by atoms with Crippen molar-refractivity contribution >= 4 is 27.6 Å². The Hall–Kier alpha value is -2.71. The van der Waals surface area contributed by atoms with Crippen LogP contribution in [0.1, 0.15) is 18.1 Å². The van der Waals surface area contributed by atoms with Crippen LogP contribution in [0, 0.1) is 6.92 Å². The molecule has 1 amide bonds. The van der Waals surface area contributed by atoms with E-state index in [1.165, 1.54) is 12.1 Å². The topological polar surface area (TPSA) is 102 Å². The first-order valence-corrected chi connectivity index (χ1v) is 9.89. The van der Waals surface area contributed by atoms with Crippen molar-refractivity contribution in [2.24, 2.45) is 0 Å². The third kappa shape index (κ3) is 6.50. The molecule has 2 aromatic carbocycles. The lowest BCUT2D eigenvalue weighted by Crippen LogP contribution is -2.32. The predicted octanol–water partition coefficient (Wildman–Crippen LogP) is 2.02. The van der Waals surface area contributed by atoms with Crippen LogP contribution in [0.3, 0.4) is 0 Å². The summed E-state index contributed by atoms with van der Waals surface area (Å²) in [7, 11) is -3.82. The maximum atomic E-state index is 12.1. The smallest absolute Gasteiger partial charge is 0.321 e. The van der Waals surface area contributed by atoms with Gasteiger partial charge in [-0.1, -0.05) is 36.8 Å². The largest absolute Gasteiger partial charge is 0.455 e. The lowest BCUT2D eigenvalue weighted by atomic mass is 10.1. The summed E-state index contributed by atoms with van der Waals surface area (Å²) in [6, 6.07) is 13.5. The fourth-order valence-corrected chi connectivity index (χ4v) is 3.14. The Morgan fingerprint density at radius 1 is 1.00 bits per heavy atom. The molecule has 144 valence electrons. The highest BCUT2D eigenvalue weighted by molar-refractivity contribution is 7.89. The van der Waals surface area contributed by atoms with Gasteiger partial charge in [0, 0.05) is 5.69 Å². The van der Waals surface area contributed by atoms with E-state index in [1.54, 1.807) is 24.3 Å².